The van der Waals surface area contributed by atoms with Gasteiger partial charge in [0, 0.05) is 44.0 Å². The molecule has 0 aliphatic carbocycles. The van der Waals surface area contributed by atoms with Gasteiger partial charge in [-0.25, -0.2) is 31.0 Å². The normalized spacial score (nSPS) is 19.6. The quantitative estimate of drug-likeness (QED) is 0.558. The van der Waals surface area contributed by atoms with Crippen LogP contribution in [-0.4, -0.2) is 41.4 Å². The standard InChI is InChI=1S/C21H20F4N4O2S/c1-28-11-20(26-12-28)32(30,31)29-9-17(13-2-4-14(22)5-3-13)19(10-29)27-15-6-7-18(23)16(8-15)21(24)25/h2-8,11-12,17,19,21,27H,9-10H2,1H3/t17-,19+/m1/s1. The lowest BCUT2D eigenvalue weighted by atomic mass is 9.94. The van der Waals surface area contributed by atoms with Crippen molar-refractivity contribution in [1.29, 1.82) is 0 Å². The van der Waals surface area contributed by atoms with Gasteiger partial charge in [0.25, 0.3) is 16.4 Å². The van der Waals surface area contributed by atoms with Crippen LogP contribution in [0.25, 0.3) is 0 Å². The maximum atomic E-state index is 13.7. The first kappa shape index (κ1) is 22.3. The molecule has 1 aliphatic rings. The molecular formula is C21H20F4N4O2S. The molecule has 0 amide bonds. The zero-order valence-electron chi connectivity index (χ0n) is 16.9. The van der Waals surface area contributed by atoms with Gasteiger partial charge in [-0.1, -0.05) is 12.1 Å². The molecule has 0 bridgehead atoms. The average Bonchev–Trinajstić information content (AvgIpc) is 3.37. The Labute approximate surface area is 182 Å². The highest BCUT2D eigenvalue weighted by Gasteiger charge is 2.41. The van der Waals surface area contributed by atoms with Gasteiger partial charge in [-0.05, 0) is 35.9 Å². The fourth-order valence-corrected chi connectivity index (χ4v) is 5.29. The summed E-state index contributed by atoms with van der Waals surface area (Å²) in [7, 11) is -2.26. The second-order valence-electron chi connectivity index (χ2n) is 7.65. The minimum absolute atomic E-state index is 0.0162. The van der Waals surface area contributed by atoms with Crippen LogP contribution < -0.4 is 5.32 Å². The molecule has 1 fully saturated rings. The van der Waals surface area contributed by atoms with E-state index < -0.39 is 45.6 Å². The number of rotatable bonds is 6. The van der Waals surface area contributed by atoms with Crippen molar-refractivity contribution in [1.82, 2.24) is 13.9 Å². The second kappa shape index (κ2) is 8.55. The molecule has 1 saturated heterocycles. The molecule has 170 valence electrons. The topological polar surface area (TPSA) is 67.2 Å². The number of benzene rings is 2. The van der Waals surface area contributed by atoms with Gasteiger partial charge in [0.2, 0.25) is 0 Å². The van der Waals surface area contributed by atoms with E-state index in [2.05, 4.69) is 10.3 Å². The van der Waals surface area contributed by atoms with Crippen LogP contribution in [0, 0.1) is 11.6 Å². The monoisotopic (exact) mass is 468 g/mol. The predicted molar refractivity (Wildman–Crippen MR) is 110 cm³/mol. The van der Waals surface area contributed by atoms with Crippen molar-refractivity contribution in [3.05, 3.63) is 77.8 Å². The summed E-state index contributed by atoms with van der Waals surface area (Å²) in [4.78, 5) is 3.93. The largest absolute Gasteiger partial charge is 0.380 e. The lowest BCUT2D eigenvalue weighted by Crippen LogP contribution is -2.32. The highest BCUT2D eigenvalue weighted by atomic mass is 32.2. The molecule has 2 atom stereocenters. The predicted octanol–water partition coefficient (Wildman–Crippen LogP) is 3.90. The third-order valence-electron chi connectivity index (χ3n) is 5.45. The lowest BCUT2D eigenvalue weighted by Gasteiger charge is -2.22. The summed E-state index contributed by atoms with van der Waals surface area (Å²) < 4.78 is 82.2. The van der Waals surface area contributed by atoms with Gasteiger partial charge in [-0.3, -0.25) is 0 Å². The molecule has 1 aliphatic heterocycles. The van der Waals surface area contributed by atoms with E-state index in [1.54, 1.807) is 19.2 Å². The Bertz CT molecular complexity index is 1210. The Morgan fingerprint density at radius 3 is 2.44 bits per heavy atom. The number of aromatic nitrogens is 2. The third-order valence-corrected chi connectivity index (χ3v) is 7.17. The second-order valence-corrected chi connectivity index (χ2v) is 9.53. The first-order chi connectivity index (χ1) is 15.1. The zero-order valence-corrected chi connectivity index (χ0v) is 17.7. The SMILES string of the molecule is Cn1cnc(S(=O)(=O)N2C[C@H](Nc3ccc(F)c(C(F)F)c3)[C@@H](c3ccc(F)cc3)C2)c1. The van der Waals surface area contributed by atoms with Crippen LogP contribution in [0.4, 0.5) is 23.2 Å². The Kier molecular flexibility index (Phi) is 5.95. The molecule has 0 unspecified atom stereocenters. The van der Waals surface area contributed by atoms with Crippen LogP contribution in [-0.2, 0) is 17.1 Å². The van der Waals surface area contributed by atoms with Gasteiger partial charge in [0.15, 0.2) is 5.03 Å². The third kappa shape index (κ3) is 4.35. The average molecular weight is 468 g/mol. The molecule has 2 aromatic carbocycles. The van der Waals surface area contributed by atoms with E-state index in [4.69, 9.17) is 0 Å². The maximum absolute atomic E-state index is 13.7. The zero-order chi connectivity index (χ0) is 23.0. The highest BCUT2D eigenvalue weighted by Crippen LogP contribution is 2.34. The van der Waals surface area contributed by atoms with Crippen molar-refractivity contribution in [3.63, 3.8) is 0 Å². The van der Waals surface area contributed by atoms with Crippen molar-refractivity contribution >= 4 is 15.7 Å². The van der Waals surface area contributed by atoms with Gasteiger partial charge in [0.05, 0.1) is 11.9 Å². The molecule has 1 N–H and O–H groups in total. The smallest absolute Gasteiger partial charge is 0.266 e. The number of sulfonamides is 1. The molecule has 11 heteroatoms. The van der Waals surface area contributed by atoms with Crippen LogP contribution in [0.2, 0.25) is 0 Å². The molecule has 32 heavy (non-hydrogen) atoms. The fourth-order valence-electron chi connectivity index (χ4n) is 3.83. The molecule has 1 aromatic heterocycles. The van der Waals surface area contributed by atoms with Crippen molar-refractivity contribution < 1.29 is 26.0 Å². The highest BCUT2D eigenvalue weighted by molar-refractivity contribution is 7.89. The van der Waals surface area contributed by atoms with E-state index in [9.17, 15) is 26.0 Å². The van der Waals surface area contributed by atoms with Crippen LogP contribution >= 0.6 is 0 Å². The van der Waals surface area contributed by atoms with Gasteiger partial charge in [-0.15, -0.1) is 0 Å². The summed E-state index contributed by atoms with van der Waals surface area (Å²) >= 11 is 0. The maximum Gasteiger partial charge on any atom is 0.266 e. The number of halogens is 4. The molecular weight excluding hydrogens is 448 g/mol. The molecule has 0 saturated carbocycles. The Balaban J connectivity index is 1.66. The first-order valence-corrected chi connectivity index (χ1v) is 11.2. The summed E-state index contributed by atoms with van der Waals surface area (Å²) in [6.45, 7) is 0.0907. The van der Waals surface area contributed by atoms with Gasteiger partial charge >= 0.3 is 0 Å². The molecule has 3 aromatic rings. The number of nitrogens with zero attached hydrogens (tertiary/aromatic N) is 3. The van der Waals surface area contributed by atoms with E-state index in [-0.39, 0.29) is 23.8 Å². The van der Waals surface area contributed by atoms with Crippen molar-refractivity contribution in [2.45, 2.75) is 23.4 Å². The van der Waals surface area contributed by atoms with Gasteiger partial charge < -0.3 is 9.88 Å². The minimum Gasteiger partial charge on any atom is -0.380 e. The summed E-state index contributed by atoms with van der Waals surface area (Å²) in [5.74, 6) is -1.87. The number of hydrogen-bond acceptors (Lipinski definition) is 4. The summed E-state index contributed by atoms with van der Waals surface area (Å²) in [6, 6.07) is 8.39. The van der Waals surface area contributed by atoms with E-state index in [1.807, 2.05) is 0 Å². The number of alkyl halides is 2. The molecule has 6 nitrogen and oxygen atoms in total. The minimum atomic E-state index is -3.91. The number of nitrogens with one attached hydrogen (secondary N) is 1. The number of hydrogen-bond donors (Lipinski definition) is 1. The Morgan fingerprint density at radius 2 is 1.81 bits per heavy atom. The molecule has 4 rings (SSSR count). The van der Waals surface area contributed by atoms with Crippen molar-refractivity contribution in [3.8, 4) is 0 Å². The van der Waals surface area contributed by atoms with E-state index in [0.717, 1.165) is 12.1 Å². The Hall–Kier alpha value is -2.92. The van der Waals surface area contributed by atoms with Crippen LogP contribution in [0.5, 0.6) is 0 Å². The first-order valence-electron chi connectivity index (χ1n) is 9.73. The Morgan fingerprint density at radius 1 is 1.09 bits per heavy atom. The van der Waals surface area contributed by atoms with Crippen molar-refractivity contribution in [2.75, 3.05) is 18.4 Å². The molecule has 0 spiro atoms. The summed E-state index contributed by atoms with van der Waals surface area (Å²) in [5.41, 5.74) is 0.166. The summed E-state index contributed by atoms with van der Waals surface area (Å²) in [6.07, 6.45) is -0.229. The van der Waals surface area contributed by atoms with Gasteiger partial charge in [0.1, 0.15) is 11.6 Å². The van der Waals surface area contributed by atoms with E-state index in [0.29, 0.717) is 5.56 Å². The van der Waals surface area contributed by atoms with Crippen LogP contribution in [0.15, 0.2) is 60.0 Å². The number of imidazole rings is 1. The van der Waals surface area contributed by atoms with Crippen molar-refractivity contribution in [2.24, 2.45) is 7.05 Å². The van der Waals surface area contributed by atoms with Crippen LogP contribution in [0.3, 0.4) is 0 Å². The summed E-state index contributed by atoms with van der Waals surface area (Å²) in [5, 5.41) is 2.95. The number of anilines is 1. The lowest BCUT2D eigenvalue weighted by molar-refractivity contribution is 0.146. The molecule has 0 radical (unpaired) electrons. The van der Waals surface area contributed by atoms with E-state index in [1.165, 1.54) is 39.6 Å². The fraction of sp³-hybridized carbons (Fsp3) is 0.286. The molecule has 2 heterocycles. The van der Waals surface area contributed by atoms with Crippen LogP contribution in [0.1, 0.15) is 23.5 Å². The number of aryl methyl sites for hydroxylation is 1. The van der Waals surface area contributed by atoms with Gasteiger partial charge in [-0.2, -0.15) is 4.31 Å². The van der Waals surface area contributed by atoms with E-state index >= 15 is 0 Å².